The number of hydrogen-bond acceptors (Lipinski definition) is 6. The van der Waals surface area contributed by atoms with Gasteiger partial charge in [-0.1, -0.05) is 30.3 Å². The van der Waals surface area contributed by atoms with Gasteiger partial charge in [-0.25, -0.2) is 17.5 Å². The van der Waals surface area contributed by atoms with Crippen LogP contribution in [-0.2, 0) is 22.9 Å². The molecule has 0 bridgehead atoms. The van der Waals surface area contributed by atoms with Crippen LogP contribution in [0.5, 0.6) is 0 Å². The summed E-state index contributed by atoms with van der Waals surface area (Å²) in [6.45, 7) is 1.95. The van der Waals surface area contributed by atoms with Crippen LogP contribution in [0.1, 0.15) is 22.9 Å². The van der Waals surface area contributed by atoms with Gasteiger partial charge in [0.1, 0.15) is 11.2 Å². The third kappa shape index (κ3) is 6.45. The zero-order valence-corrected chi connectivity index (χ0v) is 21.0. The van der Waals surface area contributed by atoms with Crippen molar-refractivity contribution in [2.24, 2.45) is 9.98 Å². The van der Waals surface area contributed by atoms with E-state index in [9.17, 15) is 12.8 Å². The van der Waals surface area contributed by atoms with Crippen molar-refractivity contribution < 1.29 is 12.8 Å². The Morgan fingerprint density at radius 2 is 1.63 bits per heavy atom. The van der Waals surface area contributed by atoms with Gasteiger partial charge < -0.3 is 0 Å². The Labute approximate surface area is 208 Å². The molecule has 35 heavy (non-hydrogen) atoms. The summed E-state index contributed by atoms with van der Waals surface area (Å²) in [5.74, 6) is -0.171. The summed E-state index contributed by atoms with van der Waals surface area (Å²) in [7, 11) is -2.01. The molecular weight excluding hydrogens is 483 g/mol. The van der Waals surface area contributed by atoms with Crippen molar-refractivity contribution in [1.82, 2.24) is 9.71 Å². The molecule has 0 amide bonds. The van der Waals surface area contributed by atoms with Crippen LogP contribution in [0.3, 0.4) is 0 Å². The maximum Gasteiger partial charge on any atom is 0.240 e. The number of rotatable bonds is 6. The third-order valence-electron chi connectivity index (χ3n) is 5.41. The van der Waals surface area contributed by atoms with Crippen LogP contribution in [-0.4, -0.2) is 26.1 Å². The van der Waals surface area contributed by atoms with Crippen molar-refractivity contribution in [2.75, 3.05) is 7.05 Å². The molecule has 1 aliphatic rings. The molecule has 2 aromatic carbocycles. The molecule has 0 spiro atoms. The lowest BCUT2D eigenvalue weighted by molar-refractivity contribution is 0.490. The second kappa shape index (κ2) is 10.6. The number of sulfonamides is 1. The summed E-state index contributed by atoms with van der Waals surface area (Å²) in [6, 6.07) is 19.4. The third-order valence-corrected chi connectivity index (χ3v) is 7.72. The highest BCUT2D eigenvalue weighted by Gasteiger charge is 2.25. The lowest BCUT2D eigenvalue weighted by atomic mass is 10.0. The van der Waals surface area contributed by atoms with Crippen LogP contribution in [0, 0.1) is 5.82 Å². The van der Waals surface area contributed by atoms with Gasteiger partial charge in [0.2, 0.25) is 10.0 Å². The maximum atomic E-state index is 12.6. The van der Waals surface area contributed by atoms with Gasteiger partial charge in [0.05, 0.1) is 16.4 Å². The molecule has 1 N–H and O–H groups in total. The Morgan fingerprint density at radius 3 is 2.26 bits per heavy atom. The lowest BCUT2D eigenvalue weighted by Crippen LogP contribution is -2.22. The molecule has 9 heteroatoms. The average molecular weight is 509 g/mol. The monoisotopic (exact) mass is 508 g/mol. The molecule has 180 valence electrons. The number of thiophene rings is 1. The lowest BCUT2D eigenvalue weighted by Gasteiger charge is -2.17. The summed E-state index contributed by atoms with van der Waals surface area (Å²) in [6.07, 6.45) is 4.90. The second-order valence-electron chi connectivity index (χ2n) is 8.22. The first-order valence-corrected chi connectivity index (χ1v) is 13.3. The predicted molar refractivity (Wildman–Crippen MR) is 135 cm³/mol. The molecule has 1 unspecified atom stereocenters. The van der Waals surface area contributed by atoms with Gasteiger partial charge in [-0.05, 0) is 66.9 Å². The molecule has 3 heterocycles. The normalized spacial score (nSPS) is 16.4. The van der Waals surface area contributed by atoms with E-state index in [1.165, 1.54) is 24.1 Å². The molecule has 4 aromatic rings. The summed E-state index contributed by atoms with van der Waals surface area (Å²) in [5, 5.41) is 3.69. The van der Waals surface area contributed by atoms with E-state index in [0.29, 0.717) is 6.42 Å². The number of pyridine rings is 1. The SMILES string of the molecule is CNS(=O)(=O)c1ccc(CC2(C)N=c3ccncc3=N2)cc1.Fc1ccc(Cc2cccs2)cc1. The van der Waals surface area contributed by atoms with Gasteiger partial charge in [-0.3, -0.25) is 15.0 Å². The van der Waals surface area contributed by atoms with E-state index >= 15 is 0 Å². The van der Waals surface area contributed by atoms with Gasteiger partial charge in [0.15, 0.2) is 5.66 Å². The Hall–Kier alpha value is -3.27. The van der Waals surface area contributed by atoms with Gasteiger partial charge >= 0.3 is 0 Å². The number of aromatic nitrogens is 1. The van der Waals surface area contributed by atoms with Crippen LogP contribution in [0.4, 0.5) is 4.39 Å². The van der Waals surface area contributed by atoms with Crippen molar-refractivity contribution >= 4 is 21.4 Å². The summed E-state index contributed by atoms with van der Waals surface area (Å²) < 4.78 is 38.3. The fourth-order valence-corrected chi connectivity index (χ4v) is 5.16. The first kappa shape index (κ1) is 24.8. The molecule has 2 aromatic heterocycles. The zero-order chi connectivity index (χ0) is 24.9. The van der Waals surface area contributed by atoms with E-state index in [4.69, 9.17) is 0 Å². The van der Waals surface area contributed by atoms with E-state index in [2.05, 4.69) is 31.1 Å². The van der Waals surface area contributed by atoms with Crippen molar-refractivity contribution in [1.29, 1.82) is 0 Å². The van der Waals surface area contributed by atoms with E-state index < -0.39 is 15.7 Å². The summed E-state index contributed by atoms with van der Waals surface area (Å²) in [5.41, 5.74) is 1.56. The topological polar surface area (TPSA) is 83.8 Å². The van der Waals surface area contributed by atoms with Gasteiger partial charge in [0, 0.05) is 23.9 Å². The Morgan fingerprint density at radius 1 is 0.943 bits per heavy atom. The molecule has 6 nitrogen and oxygen atoms in total. The fraction of sp³-hybridized carbons (Fsp3) is 0.192. The molecule has 0 fully saturated rings. The van der Waals surface area contributed by atoms with Crippen molar-refractivity contribution in [2.45, 2.75) is 30.3 Å². The number of halogens is 1. The van der Waals surface area contributed by atoms with Crippen LogP contribution in [0.2, 0.25) is 0 Å². The first-order chi connectivity index (χ1) is 16.8. The van der Waals surface area contributed by atoms with E-state index in [0.717, 1.165) is 28.3 Å². The minimum absolute atomic E-state index is 0.171. The second-order valence-corrected chi connectivity index (χ2v) is 11.1. The highest BCUT2D eigenvalue weighted by atomic mass is 32.2. The number of fused-ring (bicyclic) bond motifs is 1. The molecule has 1 aliphatic heterocycles. The van der Waals surface area contributed by atoms with Crippen LogP contribution in [0.15, 0.2) is 99.4 Å². The molecule has 5 rings (SSSR count). The number of hydrogen-bond donors (Lipinski definition) is 1. The number of benzene rings is 2. The first-order valence-electron chi connectivity index (χ1n) is 11.0. The highest BCUT2D eigenvalue weighted by Crippen LogP contribution is 2.21. The summed E-state index contributed by atoms with van der Waals surface area (Å²) in [4.78, 5) is 14.8. The number of nitrogens with zero attached hydrogens (tertiary/aromatic N) is 3. The van der Waals surface area contributed by atoms with Gasteiger partial charge in [-0.2, -0.15) is 0 Å². The maximum absolute atomic E-state index is 12.6. The van der Waals surface area contributed by atoms with E-state index in [1.54, 1.807) is 48.0 Å². The largest absolute Gasteiger partial charge is 0.262 e. The van der Waals surface area contributed by atoms with Crippen molar-refractivity contribution in [3.63, 3.8) is 0 Å². The molecule has 1 atom stereocenters. The van der Waals surface area contributed by atoms with E-state index in [-0.39, 0.29) is 10.7 Å². The minimum Gasteiger partial charge on any atom is -0.262 e. The standard InChI is InChI=1S/C15H16N4O2S.C11H9FS/c1-15(18-13-7-8-17-10-14(13)19-15)9-11-3-5-12(6-4-11)22(20,21)16-2;12-10-5-3-9(4-6-10)8-11-2-1-7-13-11/h3-8,10,16H,9H2,1-2H3;1-7H,8H2. The molecule has 0 saturated carbocycles. The van der Waals surface area contributed by atoms with Gasteiger partial charge in [-0.15, -0.1) is 11.3 Å². The predicted octanol–water partition coefficient (Wildman–Crippen LogP) is 3.68. The van der Waals surface area contributed by atoms with E-state index in [1.807, 2.05) is 31.2 Å². The summed E-state index contributed by atoms with van der Waals surface area (Å²) >= 11 is 1.73. The molecular formula is C26H25FN4O2S2. The van der Waals surface area contributed by atoms with Crippen molar-refractivity contribution in [3.05, 3.63) is 117 Å². The van der Waals surface area contributed by atoms with Gasteiger partial charge in [0.25, 0.3) is 0 Å². The fourth-order valence-electron chi connectivity index (χ4n) is 3.69. The van der Waals surface area contributed by atoms with Crippen molar-refractivity contribution in [3.8, 4) is 0 Å². The van der Waals surface area contributed by atoms with Crippen LogP contribution < -0.4 is 15.4 Å². The zero-order valence-electron chi connectivity index (χ0n) is 19.3. The quantitative estimate of drug-likeness (QED) is 0.431. The molecule has 0 aliphatic carbocycles. The number of nitrogens with one attached hydrogen (secondary N) is 1. The van der Waals surface area contributed by atoms with Crippen LogP contribution in [0.25, 0.3) is 0 Å². The average Bonchev–Trinajstić information content (AvgIpc) is 3.48. The Kier molecular flexibility index (Phi) is 7.49. The Bertz CT molecular complexity index is 1470. The minimum atomic E-state index is -3.41. The molecule has 0 saturated heterocycles. The Balaban J connectivity index is 0.000000189. The molecule has 0 radical (unpaired) electrons. The van der Waals surface area contributed by atoms with Crippen LogP contribution >= 0.6 is 11.3 Å². The smallest absolute Gasteiger partial charge is 0.240 e. The highest BCUT2D eigenvalue weighted by molar-refractivity contribution is 7.89.